The van der Waals surface area contributed by atoms with E-state index < -0.39 is 0 Å². The fourth-order valence-electron chi connectivity index (χ4n) is 2.36. The minimum absolute atomic E-state index is 0.123. The molecule has 2 bridgehead atoms. The molecule has 0 amide bonds. The maximum absolute atomic E-state index is 8.95. The topological polar surface area (TPSA) is 29.5 Å². The van der Waals surface area contributed by atoms with Crippen molar-refractivity contribution in [3.05, 3.63) is 0 Å². The van der Waals surface area contributed by atoms with Crippen molar-refractivity contribution in [3.63, 3.8) is 0 Å². The first-order chi connectivity index (χ1) is 4.73. The Hall–Kier alpha value is -0.0800. The van der Waals surface area contributed by atoms with E-state index in [1.165, 1.54) is 0 Å². The van der Waals surface area contributed by atoms with Crippen LogP contribution in [0.2, 0.25) is 0 Å². The number of aliphatic hydroxyl groups excluding tert-OH is 1. The lowest BCUT2D eigenvalue weighted by Gasteiger charge is -2.25. The van der Waals surface area contributed by atoms with E-state index in [0.717, 1.165) is 19.4 Å². The van der Waals surface area contributed by atoms with Gasteiger partial charge in [0.25, 0.3) is 0 Å². The lowest BCUT2D eigenvalue weighted by molar-refractivity contribution is -0.0293. The molecule has 2 aliphatic rings. The molecule has 1 saturated carbocycles. The standard InChI is InChI=1S/C8H14O2/c1-8-2-6(4-9)7(3-8)5-10-8/h6-7,9H,2-5H2,1H3/t6-,7-,8-/m1/s1. The molecule has 10 heavy (non-hydrogen) atoms. The van der Waals surface area contributed by atoms with Gasteiger partial charge in [-0.25, -0.2) is 0 Å². The molecule has 1 aliphatic heterocycles. The summed E-state index contributed by atoms with van der Waals surface area (Å²) < 4.78 is 5.56. The Bertz CT molecular complexity index is 146. The van der Waals surface area contributed by atoms with E-state index >= 15 is 0 Å². The monoisotopic (exact) mass is 142 g/mol. The van der Waals surface area contributed by atoms with E-state index in [1.54, 1.807) is 0 Å². The largest absolute Gasteiger partial charge is 0.396 e. The van der Waals surface area contributed by atoms with Gasteiger partial charge in [-0.15, -0.1) is 0 Å². The average molecular weight is 142 g/mol. The second kappa shape index (κ2) is 1.95. The van der Waals surface area contributed by atoms with Gasteiger partial charge in [0.1, 0.15) is 0 Å². The summed E-state index contributed by atoms with van der Waals surface area (Å²) in [5.41, 5.74) is 0.123. The van der Waals surface area contributed by atoms with Gasteiger partial charge in [-0.1, -0.05) is 0 Å². The predicted molar refractivity (Wildman–Crippen MR) is 37.7 cm³/mol. The number of fused-ring (bicyclic) bond motifs is 2. The normalized spacial score (nSPS) is 52.2. The number of rotatable bonds is 1. The first-order valence-electron chi connectivity index (χ1n) is 3.98. The Labute approximate surface area is 61.2 Å². The van der Waals surface area contributed by atoms with Crippen LogP contribution in [-0.4, -0.2) is 23.9 Å². The minimum Gasteiger partial charge on any atom is -0.396 e. The van der Waals surface area contributed by atoms with Crippen molar-refractivity contribution in [3.8, 4) is 0 Å². The molecule has 0 unspecified atom stereocenters. The summed E-state index contributed by atoms with van der Waals surface area (Å²) in [6.07, 6.45) is 2.23. The summed E-state index contributed by atoms with van der Waals surface area (Å²) in [4.78, 5) is 0. The van der Waals surface area contributed by atoms with Gasteiger partial charge in [-0.2, -0.15) is 0 Å². The summed E-state index contributed by atoms with van der Waals surface area (Å²) >= 11 is 0. The third kappa shape index (κ3) is 0.789. The van der Waals surface area contributed by atoms with E-state index in [9.17, 15) is 0 Å². The molecule has 0 aromatic carbocycles. The zero-order valence-electron chi connectivity index (χ0n) is 6.34. The molecule has 0 aromatic heterocycles. The van der Waals surface area contributed by atoms with Crippen molar-refractivity contribution in [1.29, 1.82) is 0 Å². The fourth-order valence-corrected chi connectivity index (χ4v) is 2.36. The Morgan fingerprint density at radius 1 is 1.60 bits per heavy atom. The average Bonchev–Trinajstić information content (AvgIpc) is 2.41. The van der Waals surface area contributed by atoms with Crippen molar-refractivity contribution in [1.82, 2.24) is 0 Å². The van der Waals surface area contributed by atoms with Gasteiger partial charge < -0.3 is 9.84 Å². The molecule has 2 heteroatoms. The molecule has 1 aliphatic carbocycles. The molecule has 1 N–H and O–H groups in total. The molecule has 1 saturated heterocycles. The zero-order chi connectivity index (χ0) is 7.19. The van der Waals surface area contributed by atoms with E-state index in [4.69, 9.17) is 9.84 Å². The molecule has 2 fully saturated rings. The summed E-state index contributed by atoms with van der Waals surface area (Å²) in [5, 5.41) is 8.95. The van der Waals surface area contributed by atoms with E-state index in [-0.39, 0.29) is 5.60 Å². The lowest BCUT2D eigenvalue weighted by Crippen LogP contribution is -2.27. The molecule has 0 radical (unpaired) electrons. The van der Waals surface area contributed by atoms with Crippen LogP contribution in [0.15, 0.2) is 0 Å². The molecule has 0 spiro atoms. The fraction of sp³-hybridized carbons (Fsp3) is 1.00. The highest BCUT2D eigenvalue weighted by atomic mass is 16.5. The third-order valence-electron chi connectivity index (χ3n) is 2.94. The SMILES string of the molecule is C[C@]12C[C@H](CO)[C@@H](CO1)C2. The molecule has 1 heterocycles. The van der Waals surface area contributed by atoms with Gasteiger partial charge in [0.15, 0.2) is 0 Å². The van der Waals surface area contributed by atoms with Gasteiger partial charge in [0, 0.05) is 6.61 Å². The molecule has 3 atom stereocenters. The molecule has 2 nitrogen and oxygen atoms in total. The highest BCUT2D eigenvalue weighted by molar-refractivity contribution is 4.97. The Balaban J connectivity index is 2.10. The Morgan fingerprint density at radius 3 is 2.70 bits per heavy atom. The third-order valence-corrected chi connectivity index (χ3v) is 2.94. The highest BCUT2D eigenvalue weighted by Crippen LogP contribution is 2.47. The molecule has 2 rings (SSSR count). The van der Waals surface area contributed by atoms with Crippen molar-refractivity contribution in [2.45, 2.75) is 25.4 Å². The first kappa shape index (κ1) is 6.62. The van der Waals surface area contributed by atoms with Gasteiger partial charge in [-0.3, -0.25) is 0 Å². The van der Waals surface area contributed by atoms with E-state index in [2.05, 4.69) is 6.92 Å². The van der Waals surface area contributed by atoms with Crippen LogP contribution >= 0.6 is 0 Å². The summed E-state index contributed by atoms with van der Waals surface area (Å²) in [6, 6.07) is 0. The minimum atomic E-state index is 0.123. The van der Waals surface area contributed by atoms with E-state index in [1.807, 2.05) is 0 Å². The second-order valence-corrected chi connectivity index (χ2v) is 3.87. The maximum atomic E-state index is 8.95. The zero-order valence-corrected chi connectivity index (χ0v) is 6.34. The van der Waals surface area contributed by atoms with Crippen LogP contribution in [0, 0.1) is 11.8 Å². The molecule has 58 valence electrons. The van der Waals surface area contributed by atoms with E-state index in [0.29, 0.717) is 18.4 Å². The second-order valence-electron chi connectivity index (χ2n) is 3.87. The number of aliphatic hydroxyl groups is 1. The van der Waals surface area contributed by atoms with Crippen LogP contribution in [0.5, 0.6) is 0 Å². The maximum Gasteiger partial charge on any atom is 0.0661 e. The molecule has 0 aromatic rings. The summed E-state index contributed by atoms with van der Waals surface area (Å²) in [6.45, 7) is 3.38. The van der Waals surface area contributed by atoms with Gasteiger partial charge in [-0.05, 0) is 31.6 Å². The number of hydrogen-bond acceptors (Lipinski definition) is 2. The number of ether oxygens (including phenoxy) is 1. The Kier molecular flexibility index (Phi) is 1.29. The first-order valence-corrected chi connectivity index (χ1v) is 3.98. The van der Waals surface area contributed by atoms with Gasteiger partial charge in [0.2, 0.25) is 0 Å². The number of hydrogen-bond donors (Lipinski definition) is 1. The van der Waals surface area contributed by atoms with Crippen molar-refractivity contribution >= 4 is 0 Å². The molecular weight excluding hydrogens is 128 g/mol. The van der Waals surface area contributed by atoms with Crippen LogP contribution in [-0.2, 0) is 4.74 Å². The highest BCUT2D eigenvalue weighted by Gasteiger charge is 2.48. The van der Waals surface area contributed by atoms with Gasteiger partial charge in [0.05, 0.1) is 12.2 Å². The predicted octanol–water partition coefficient (Wildman–Crippen LogP) is 0.794. The van der Waals surface area contributed by atoms with Gasteiger partial charge >= 0.3 is 0 Å². The Morgan fingerprint density at radius 2 is 2.40 bits per heavy atom. The smallest absolute Gasteiger partial charge is 0.0661 e. The summed E-state index contributed by atoms with van der Waals surface area (Å²) in [5.74, 6) is 1.17. The summed E-state index contributed by atoms with van der Waals surface area (Å²) in [7, 11) is 0. The van der Waals surface area contributed by atoms with Crippen LogP contribution < -0.4 is 0 Å². The van der Waals surface area contributed by atoms with Crippen LogP contribution in [0.4, 0.5) is 0 Å². The lowest BCUT2D eigenvalue weighted by atomic mass is 9.97. The molecular formula is C8H14O2. The van der Waals surface area contributed by atoms with Crippen molar-refractivity contribution in [2.24, 2.45) is 11.8 Å². The van der Waals surface area contributed by atoms with Crippen LogP contribution in [0.25, 0.3) is 0 Å². The van der Waals surface area contributed by atoms with Crippen molar-refractivity contribution < 1.29 is 9.84 Å². The quantitative estimate of drug-likeness (QED) is 0.586. The van der Waals surface area contributed by atoms with Crippen LogP contribution in [0.1, 0.15) is 19.8 Å². The van der Waals surface area contributed by atoms with Crippen LogP contribution in [0.3, 0.4) is 0 Å². The van der Waals surface area contributed by atoms with Crippen molar-refractivity contribution in [2.75, 3.05) is 13.2 Å².